The molecule has 0 fully saturated rings. The summed E-state index contributed by atoms with van der Waals surface area (Å²) in [6.45, 7) is 1.95. The molecular formula is C16H14Cl3N3O. The molecule has 0 aliphatic heterocycles. The lowest BCUT2D eigenvalue weighted by Gasteiger charge is -2.09. The molecule has 2 aromatic carbocycles. The molecule has 23 heavy (non-hydrogen) atoms. The van der Waals surface area contributed by atoms with E-state index in [4.69, 9.17) is 34.8 Å². The zero-order valence-corrected chi connectivity index (χ0v) is 14.5. The van der Waals surface area contributed by atoms with Crippen molar-refractivity contribution in [2.75, 3.05) is 11.9 Å². The van der Waals surface area contributed by atoms with Crippen LogP contribution < -0.4 is 10.7 Å². The number of hydrogen-bond donors (Lipinski definition) is 2. The van der Waals surface area contributed by atoms with Gasteiger partial charge in [-0.05, 0) is 36.8 Å². The topological polar surface area (TPSA) is 53.5 Å². The first-order chi connectivity index (χ1) is 11.0. The standard InChI is InChI=1S/C16H14Cl3N3O/c1-10-13(18)3-2-4-15(10)20-9-16(23)22-21-8-11-5-6-12(17)7-14(11)19/h2-8,20H,9H2,1H3,(H,22,23)/b21-8-. The van der Waals surface area contributed by atoms with E-state index < -0.39 is 0 Å². The predicted octanol–water partition coefficient (Wildman–Crippen LogP) is 4.52. The van der Waals surface area contributed by atoms with Crippen molar-refractivity contribution in [1.29, 1.82) is 0 Å². The number of hydrogen-bond acceptors (Lipinski definition) is 3. The summed E-state index contributed by atoms with van der Waals surface area (Å²) < 4.78 is 0. The van der Waals surface area contributed by atoms with Crippen molar-refractivity contribution in [1.82, 2.24) is 5.43 Å². The quantitative estimate of drug-likeness (QED) is 0.600. The van der Waals surface area contributed by atoms with E-state index in [2.05, 4.69) is 15.8 Å². The molecule has 0 aromatic heterocycles. The molecule has 2 aromatic rings. The van der Waals surface area contributed by atoms with Gasteiger partial charge in [0, 0.05) is 21.3 Å². The maximum absolute atomic E-state index is 11.8. The molecule has 2 N–H and O–H groups in total. The molecule has 4 nitrogen and oxygen atoms in total. The Bertz CT molecular complexity index is 747. The molecule has 0 saturated heterocycles. The molecule has 0 atom stereocenters. The van der Waals surface area contributed by atoms with Crippen LogP contribution in [0.3, 0.4) is 0 Å². The van der Waals surface area contributed by atoms with Gasteiger partial charge < -0.3 is 5.32 Å². The van der Waals surface area contributed by atoms with Crippen molar-refractivity contribution in [3.05, 3.63) is 62.6 Å². The third-order valence-electron chi connectivity index (χ3n) is 3.06. The lowest BCUT2D eigenvalue weighted by molar-refractivity contribution is -0.119. The van der Waals surface area contributed by atoms with Crippen molar-refractivity contribution in [3.8, 4) is 0 Å². The summed E-state index contributed by atoms with van der Waals surface area (Å²) in [4.78, 5) is 11.8. The third kappa shape index (κ3) is 5.13. The summed E-state index contributed by atoms with van der Waals surface area (Å²) in [5.74, 6) is -0.286. The maximum Gasteiger partial charge on any atom is 0.259 e. The Labute approximate surface area is 149 Å². The van der Waals surface area contributed by atoms with Crippen molar-refractivity contribution in [2.45, 2.75) is 6.92 Å². The number of carbonyl (C=O) groups is 1. The Morgan fingerprint density at radius 3 is 2.70 bits per heavy atom. The van der Waals surface area contributed by atoms with Crippen LogP contribution in [0.5, 0.6) is 0 Å². The summed E-state index contributed by atoms with van der Waals surface area (Å²) in [6.07, 6.45) is 1.46. The maximum atomic E-state index is 11.8. The van der Waals surface area contributed by atoms with Crippen LogP contribution in [0, 0.1) is 6.92 Å². The van der Waals surface area contributed by atoms with Gasteiger partial charge in [0.1, 0.15) is 0 Å². The van der Waals surface area contributed by atoms with E-state index in [1.807, 2.05) is 19.1 Å². The molecule has 0 unspecified atom stereocenters. The zero-order chi connectivity index (χ0) is 16.8. The van der Waals surface area contributed by atoms with Crippen LogP contribution in [0.4, 0.5) is 5.69 Å². The highest BCUT2D eigenvalue weighted by Gasteiger charge is 2.04. The third-order valence-corrected chi connectivity index (χ3v) is 4.03. The SMILES string of the molecule is Cc1c(Cl)cccc1NCC(=O)N/N=C\c1ccc(Cl)cc1Cl. The number of nitrogens with zero attached hydrogens (tertiary/aromatic N) is 1. The van der Waals surface area contributed by atoms with E-state index in [-0.39, 0.29) is 12.5 Å². The second-order valence-electron chi connectivity index (χ2n) is 4.72. The minimum absolute atomic E-state index is 0.0763. The normalized spacial score (nSPS) is 10.8. The summed E-state index contributed by atoms with van der Waals surface area (Å²) in [7, 11) is 0. The minimum atomic E-state index is -0.286. The van der Waals surface area contributed by atoms with E-state index >= 15 is 0 Å². The number of halogens is 3. The molecule has 7 heteroatoms. The van der Waals surface area contributed by atoms with Gasteiger partial charge in [0.25, 0.3) is 5.91 Å². The number of nitrogens with one attached hydrogen (secondary N) is 2. The fourth-order valence-electron chi connectivity index (χ4n) is 1.79. The largest absolute Gasteiger partial charge is 0.376 e. The molecule has 0 aliphatic carbocycles. The van der Waals surface area contributed by atoms with Gasteiger partial charge >= 0.3 is 0 Å². The Morgan fingerprint density at radius 2 is 1.96 bits per heavy atom. The second kappa shape index (κ2) is 8.20. The minimum Gasteiger partial charge on any atom is -0.376 e. The summed E-state index contributed by atoms with van der Waals surface area (Å²) in [5.41, 5.74) is 4.77. The van der Waals surface area contributed by atoms with Gasteiger partial charge in [-0.3, -0.25) is 4.79 Å². The first-order valence-electron chi connectivity index (χ1n) is 6.73. The van der Waals surface area contributed by atoms with Crippen molar-refractivity contribution in [3.63, 3.8) is 0 Å². The first-order valence-corrected chi connectivity index (χ1v) is 7.86. The highest BCUT2D eigenvalue weighted by Crippen LogP contribution is 2.22. The van der Waals surface area contributed by atoms with E-state index in [1.54, 1.807) is 24.3 Å². The fraction of sp³-hybridized carbons (Fsp3) is 0.125. The first kappa shape index (κ1) is 17.6. The molecule has 0 saturated carbocycles. The monoisotopic (exact) mass is 369 g/mol. The lowest BCUT2D eigenvalue weighted by Crippen LogP contribution is -2.26. The molecule has 0 bridgehead atoms. The average Bonchev–Trinajstić information content (AvgIpc) is 2.51. The zero-order valence-electron chi connectivity index (χ0n) is 12.2. The number of amides is 1. The highest BCUT2D eigenvalue weighted by atomic mass is 35.5. The van der Waals surface area contributed by atoms with Gasteiger partial charge in [0.15, 0.2) is 0 Å². The van der Waals surface area contributed by atoms with E-state index in [9.17, 15) is 4.79 Å². The Balaban J connectivity index is 1.87. The van der Waals surface area contributed by atoms with Gasteiger partial charge in [-0.25, -0.2) is 5.43 Å². The van der Waals surface area contributed by atoms with Crippen LogP contribution in [0.15, 0.2) is 41.5 Å². The van der Waals surface area contributed by atoms with Crippen molar-refractivity contribution in [2.24, 2.45) is 5.10 Å². The molecule has 2 rings (SSSR count). The molecular weight excluding hydrogens is 357 g/mol. The highest BCUT2D eigenvalue weighted by molar-refractivity contribution is 6.36. The van der Waals surface area contributed by atoms with Gasteiger partial charge in [0.05, 0.1) is 17.8 Å². The van der Waals surface area contributed by atoms with Gasteiger partial charge in [-0.1, -0.05) is 46.9 Å². The summed E-state index contributed by atoms with van der Waals surface area (Å²) >= 11 is 17.8. The fourth-order valence-corrected chi connectivity index (χ4v) is 2.43. The molecule has 0 aliphatic rings. The molecule has 120 valence electrons. The molecule has 0 radical (unpaired) electrons. The number of carbonyl (C=O) groups excluding carboxylic acids is 1. The van der Waals surface area contributed by atoms with Gasteiger partial charge in [0.2, 0.25) is 0 Å². The Morgan fingerprint density at radius 1 is 1.17 bits per heavy atom. The summed E-state index contributed by atoms with van der Waals surface area (Å²) in [5, 5.41) is 8.52. The van der Waals surface area contributed by atoms with Gasteiger partial charge in [-0.2, -0.15) is 5.10 Å². The number of anilines is 1. The molecule has 0 spiro atoms. The van der Waals surface area contributed by atoms with Crippen LogP contribution in [0.2, 0.25) is 15.1 Å². The predicted molar refractivity (Wildman–Crippen MR) is 96.9 cm³/mol. The Hall–Kier alpha value is -1.75. The Kier molecular flexibility index (Phi) is 6.28. The van der Waals surface area contributed by atoms with Crippen LogP contribution in [0.1, 0.15) is 11.1 Å². The van der Waals surface area contributed by atoms with Crippen LogP contribution in [-0.4, -0.2) is 18.7 Å². The second-order valence-corrected chi connectivity index (χ2v) is 5.98. The van der Waals surface area contributed by atoms with Crippen molar-refractivity contribution < 1.29 is 4.79 Å². The number of rotatable bonds is 5. The number of hydrazone groups is 1. The van der Waals surface area contributed by atoms with E-state index in [0.29, 0.717) is 20.6 Å². The van der Waals surface area contributed by atoms with Crippen LogP contribution in [0.25, 0.3) is 0 Å². The molecule has 0 heterocycles. The average molecular weight is 371 g/mol. The van der Waals surface area contributed by atoms with Gasteiger partial charge in [-0.15, -0.1) is 0 Å². The smallest absolute Gasteiger partial charge is 0.259 e. The van der Waals surface area contributed by atoms with E-state index in [0.717, 1.165) is 11.3 Å². The molecule has 1 amide bonds. The summed E-state index contributed by atoms with van der Waals surface area (Å²) in [6, 6.07) is 10.5. The van der Waals surface area contributed by atoms with E-state index in [1.165, 1.54) is 6.21 Å². The number of benzene rings is 2. The van der Waals surface area contributed by atoms with Crippen LogP contribution in [-0.2, 0) is 4.79 Å². The van der Waals surface area contributed by atoms with Crippen molar-refractivity contribution >= 4 is 52.6 Å². The lowest BCUT2D eigenvalue weighted by atomic mass is 10.2. The van der Waals surface area contributed by atoms with Crippen LogP contribution >= 0.6 is 34.8 Å².